The fourth-order valence-corrected chi connectivity index (χ4v) is 2.09. The SMILES string of the molecule is CCOc1ccc(OC(=O)[C@H]2COc3ccccc3O2)cc1. The molecule has 0 saturated carbocycles. The Kier molecular flexibility index (Phi) is 4.14. The van der Waals surface area contributed by atoms with Gasteiger partial charge in [-0.3, -0.25) is 0 Å². The van der Waals surface area contributed by atoms with Crippen molar-refractivity contribution in [1.82, 2.24) is 0 Å². The highest BCUT2D eigenvalue weighted by atomic mass is 16.6. The number of rotatable bonds is 4. The van der Waals surface area contributed by atoms with Crippen LogP contribution in [0.5, 0.6) is 23.0 Å². The normalized spacial score (nSPS) is 16.0. The van der Waals surface area contributed by atoms with Crippen LogP contribution in [0.2, 0.25) is 0 Å². The lowest BCUT2D eigenvalue weighted by Gasteiger charge is -2.24. The summed E-state index contributed by atoms with van der Waals surface area (Å²) >= 11 is 0. The molecular formula is C17H16O5. The molecule has 5 nitrogen and oxygen atoms in total. The zero-order chi connectivity index (χ0) is 15.4. The molecule has 0 unspecified atom stereocenters. The van der Waals surface area contributed by atoms with E-state index in [1.807, 2.05) is 19.1 Å². The molecule has 0 aromatic heterocycles. The van der Waals surface area contributed by atoms with Gasteiger partial charge in [0.15, 0.2) is 11.5 Å². The zero-order valence-electron chi connectivity index (χ0n) is 12.2. The highest BCUT2D eigenvalue weighted by Gasteiger charge is 2.29. The van der Waals surface area contributed by atoms with Crippen molar-refractivity contribution < 1.29 is 23.7 Å². The Hall–Kier alpha value is -2.69. The minimum Gasteiger partial charge on any atom is -0.494 e. The van der Waals surface area contributed by atoms with Crippen LogP contribution in [0, 0.1) is 0 Å². The van der Waals surface area contributed by atoms with Gasteiger partial charge in [-0.1, -0.05) is 12.1 Å². The molecule has 1 aliphatic rings. The number of hydrogen-bond acceptors (Lipinski definition) is 5. The van der Waals surface area contributed by atoms with Gasteiger partial charge in [0.1, 0.15) is 18.1 Å². The number of benzene rings is 2. The maximum absolute atomic E-state index is 12.1. The first-order chi connectivity index (χ1) is 10.8. The summed E-state index contributed by atoms with van der Waals surface area (Å²) in [6.07, 6.45) is -0.776. The molecule has 0 bridgehead atoms. The van der Waals surface area contributed by atoms with Crippen molar-refractivity contribution in [3.05, 3.63) is 48.5 Å². The molecule has 0 saturated heterocycles. The quantitative estimate of drug-likeness (QED) is 0.642. The van der Waals surface area contributed by atoms with Crippen LogP contribution in [-0.4, -0.2) is 25.3 Å². The van der Waals surface area contributed by atoms with E-state index in [2.05, 4.69) is 0 Å². The number of ether oxygens (including phenoxy) is 4. The molecule has 3 rings (SSSR count). The Morgan fingerprint density at radius 3 is 2.50 bits per heavy atom. The van der Waals surface area contributed by atoms with Gasteiger partial charge in [-0.2, -0.15) is 0 Å². The van der Waals surface area contributed by atoms with E-state index in [-0.39, 0.29) is 6.61 Å². The third kappa shape index (κ3) is 3.14. The Morgan fingerprint density at radius 2 is 1.77 bits per heavy atom. The van der Waals surface area contributed by atoms with Gasteiger partial charge in [-0.25, -0.2) is 4.79 Å². The summed E-state index contributed by atoms with van der Waals surface area (Å²) in [5, 5.41) is 0. The summed E-state index contributed by atoms with van der Waals surface area (Å²) < 4.78 is 21.7. The van der Waals surface area contributed by atoms with E-state index in [4.69, 9.17) is 18.9 Å². The lowest BCUT2D eigenvalue weighted by atomic mass is 10.2. The standard InChI is InChI=1S/C17H16O5/c1-2-19-12-7-9-13(10-8-12)21-17(18)16-11-20-14-5-3-4-6-15(14)22-16/h3-10,16H,2,11H2,1H3/t16-/m1/s1. The molecule has 5 heteroatoms. The van der Waals surface area contributed by atoms with Gasteiger partial charge in [0.25, 0.3) is 0 Å². The summed E-state index contributed by atoms with van der Waals surface area (Å²) in [6.45, 7) is 2.63. The topological polar surface area (TPSA) is 54.0 Å². The van der Waals surface area contributed by atoms with E-state index in [0.29, 0.717) is 23.9 Å². The molecule has 0 N–H and O–H groups in total. The van der Waals surface area contributed by atoms with Crippen molar-refractivity contribution in [2.45, 2.75) is 13.0 Å². The van der Waals surface area contributed by atoms with E-state index in [1.54, 1.807) is 36.4 Å². The maximum Gasteiger partial charge on any atom is 0.356 e. The summed E-state index contributed by atoms with van der Waals surface area (Å²) in [5.74, 6) is 1.86. The third-order valence-corrected chi connectivity index (χ3v) is 3.12. The second kappa shape index (κ2) is 6.39. The number of para-hydroxylation sites is 2. The fourth-order valence-electron chi connectivity index (χ4n) is 2.09. The highest BCUT2D eigenvalue weighted by Crippen LogP contribution is 2.31. The van der Waals surface area contributed by atoms with Crippen LogP contribution < -0.4 is 18.9 Å². The van der Waals surface area contributed by atoms with Crippen LogP contribution in [-0.2, 0) is 4.79 Å². The Labute approximate surface area is 128 Å². The van der Waals surface area contributed by atoms with Crippen LogP contribution in [0.15, 0.2) is 48.5 Å². The first-order valence-electron chi connectivity index (χ1n) is 7.09. The maximum atomic E-state index is 12.1. The largest absolute Gasteiger partial charge is 0.494 e. The molecule has 0 radical (unpaired) electrons. The van der Waals surface area contributed by atoms with Crippen molar-refractivity contribution in [2.24, 2.45) is 0 Å². The van der Waals surface area contributed by atoms with E-state index >= 15 is 0 Å². The summed E-state index contributed by atoms with van der Waals surface area (Å²) in [5.41, 5.74) is 0. The summed E-state index contributed by atoms with van der Waals surface area (Å²) in [7, 11) is 0. The van der Waals surface area contributed by atoms with Gasteiger partial charge in [-0.15, -0.1) is 0 Å². The second-order valence-corrected chi connectivity index (χ2v) is 4.69. The lowest BCUT2D eigenvalue weighted by Crippen LogP contribution is -2.39. The fraction of sp³-hybridized carbons (Fsp3) is 0.235. The number of carbonyl (C=O) groups is 1. The summed E-state index contributed by atoms with van der Waals surface area (Å²) in [4.78, 5) is 12.1. The predicted octanol–water partition coefficient (Wildman–Crippen LogP) is 2.83. The molecule has 1 heterocycles. The number of fused-ring (bicyclic) bond motifs is 1. The predicted molar refractivity (Wildman–Crippen MR) is 79.6 cm³/mol. The molecule has 1 atom stereocenters. The van der Waals surface area contributed by atoms with Gasteiger partial charge in [0.05, 0.1) is 6.61 Å². The van der Waals surface area contributed by atoms with Gasteiger partial charge in [-0.05, 0) is 43.3 Å². The summed E-state index contributed by atoms with van der Waals surface area (Å²) in [6, 6.07) is 14.1. The van der Waals surface area contributed by atoms with Gasteiger partial charge >= 0.3 is 5.97 Å². The second-order valence-electron chi connectivity index (χ2n) is 4.69. The Bertz CT molecular complexity index is 650. The van der Waals surface area contributed by atoms with Crippen molar-refractivity contribution in [2.75, 3.05) is 13.2 Å². The highest BCUT2D eigenvalue weighted by molar-refractivity contribution is 5.78. The van der Waals surface area contributed by atoms with Crippen molar-refractivity contribution >= 4 is 5.97 Å². The molecule has 0 fully saturated rings. The average Bonchev–Trinajstić information content (AvgIpc) is 2.56. The average molecular weight is 300 g/mol. The number of carbonyl (C=O) groups excluding carboxylic acids is 1. The first kappa shape index (κ1) is 14.3. The number of esters is 1. The molecular weight excluding hydrogens is 284 g/mol. The van der Waals surface area contributed by atoms with E-state index < -0.39 is 12.1 Å². The lowest BCUT2D eigenvalue weighted by molar-refractivity contribution is -0.144. The van der Waals surface area contributed by atoms with Crippen LogP contribution in [0.4, 0.5) is 0 Å². The van der Waals surface area contributed by atoms with Gasteiger partial charge < -0.3 is 18.9 Å². The van der Waals surface area contributed by atoms with E-state index in [0.717, 1.165) is 5.75 Å². The van der Waals surface area contributed by atoms with Crippen molar-refractivity contribution in [3.63, 3.8) is 0 Å². The minimum absolute atomic E-state index is 0.132. The minimum atomic E-state index is -0.776. The van der Waals surface area contributed by atoms with Crippen LogP contribution in [0.3, 0.4) is 0 Å². The third-order valence-electron chi connectivity index (χ3n) is 3.12. The van der Waals surface area contributed by atoms with Crippen molar-refractivity contribution in [3.8, 4) is 23.0 Å². The van der Waals surface area contributed by atoms with Gasteiger partial charge in [0, 0.05) is 0 Å². The molecule has 0 spiro atoms. The number of hydrogen-bond donors (Lipinski definition) is 0. The van der Waals surface area contributed by atoms with Crippen molar-refractivity contribution in [1.29, 1.82) is 0 Å². The van der Waals surface area contributed by atoms with Crippen LogP contribution >= 0.6 is 0 Å². The molecule has 1 aliphatic heterocycles. The molecule has 114 valence electrons. The Morgan fingerprint density at radius 1 is 1.09 bits per heavy atom. The zero-order valence-corrected chi connectivity index (χ0v) is 12.2. The van der Waals surface area contributed by atoms with Gasteiger partial charge in [0.2, 0.25) is 6.10 Å². The van der Waals surface area contributed by atoms with E-state index in [1.165, 1.54) is 0 Å². The smallest absolute Gasteiger partial charge is 0.356 e. The monoisotopic (exact) mass is 300 g/mol. The molecule has 0 aliphatic carbocycles. The molecule has 22 heavy (non-hydrogen) atoms. The molecule has 0 amide bonds. The van der Waals surface area contributed by atoms with Crippen LogP contribution in [0.1, 0.15) is 6.92 Å². The first-order valence-corrected chi connectivity index (χ1v) is 7.09. The Balaban J connectivity index is 1.63. The molecule has 2 aromatic rings. The van der Waals surface area contributed by atoms with E-state index in [9.17, 15) is 4.79 Å². The van der Waals surface area contributed by atoms with Crippen LogP contribution in [0.25, 0.3) is 0 Å². The molecule has 2 aromatic carbocycles.